The van der Waals surface area contributed by atoms with Crippen LogP contribution >= 0.6 is 0 Å². The van der Waals surface area contributed by atoms with E-state index in [2.05, 4.69) is 9.97 Å². The molecule has 2 aromatic rings. The minimum atomic E-state index is -0.573. The van der Waals surface area contributed by atoms with Crippen LogP contribution in [0.4, 0.5) is 11.4 Å². The van der Waals surface area contributed by atoms with E-state index in [1.165, 1.54) is 6.20 Å². The highest BCUT2D eigenvalue weighted by atomic mass is 16.6. The predicted molar refractivity (Wildman–Crippen MR) is 50.6 cm³/mol. The second-order valence-corrected chi connectivity index (χ2v) is 2.69. The monoisotopic (exact) mass is 190 g/mol. The smallest absolute Gasteiger partial charge is 0.312 e. The molecular weight excluding hydrogens is 184 g/mol. The van der Waals surface area contributed by atoms with E-state index in [4.69, 9.17) is 5.73 Å². The van der Waals surface area contributed by atoms with Crippen LogP contribution in [0.5, 0.6) is 0 Å². The van der Waals surface area contributed by atoms with Gasteiger partial charge in [0.25, 0.3) is 0 Å². The maximum Gasteiger partial charge on any atom is 0.312 e. The molecule has 0 aromatic carbocycles. The van der Waals surface area contributed by atoms with Crippen molar-refractivity contribution in [3.05, 3.63) is 34.6 Å². The number of anilines is 1. The first-order chi connectivity index (χ1) is 6.70. The average molecular weight is 190 g/mol. The third-order valence-corrected chi connectivity index (χ3v) is 1.84. The molecule has 0 radical (unpaired) electrons. The summed E-state index contributed by atoms with van der Waals surface area (Å²) in [5, 5.41) is 10.5. The first-order valence-electron chi connectivity index (χ1n) is 3.84. The molecule has 2 heterocycles. The number of rotatable bonds is 1. The Morgan fingerprint density at radius 1 is 1.43 bits per heavy atom. The molecular formula is C8H6N4O2. The summed E-state index contributed by atoms with van der Waals surface area (Å²) in [6.07, 6.45) is 2.66. The number of nitro groups is 1. The van der Waals surface area contributed by atoms with Crippen molar-refractivity contribution in [1.29, 1.82) is 0 Å². The summed E-state index contributed by atoms with van der Waals surface area (Å²) in [5.74, 6) is 0. The topological polar surface area (TPSA) is 94.9 Å². The third-order valence-electron chi connectivity index (χ3n) is 1.84. The lowest BCUT2D eigenvalue weighted by molar-refractivity contribution is -0.384. The standard InChI is InChI=1S/C8H6N4O2/c9-7-6(12(13)14)4-11-5-2-1-3-10-8(5)7/h1-4H,(H2,9,11). The van der Waals surface area contributed by atoms with Crippen LogP contribution in [0, 0.1) is 10.1 Å². The highest BCUT2D eigenvalue weighted by Gasteiger charge is 2.15. The Morgan fingerprint density at radius 2 is 2.21 bits per heavy atom. The van der Waals surface area contributed by atoms with Gasteiger partial charge in [0.05, 0.1) is 10.4 Å². The van der Waals surface area contributed by atoms with Crippen molar-refractivity contribution in [3.63, 3.8) is 0 Å². The Kier molecular flexibility index (Phi) is 1.74. The van der Waals surface area contributed by atoms with Crippen molar-refractivity contribution >= 4 is 22.4 Å². The fourth-order valence-corrected chi connectivity index (χ4v) is 1.18. The van der Waals surface area contributed by atoms with E-state index in [1.54, 1.807) is 12.1 Å². The molecule has 0 fully saturated rings. The molecule has 6 heteroatoms. The molecule has 70 valence electrons. The lowest BCUT2D eigenvalue weighted by Gasteiger charge is -1.99. The lowest BCUT2D eigenvalue weighted by Crippen LogP contribution is -1.98. The quantitative estimate of drug-likeness (QED) is 0.537. The number of hydrogen-bond acceptors (Lipinski definition) is 5. The van der Waals surface area contributed by atoms with Gasteiger partial charge in [-0.05, 0) is 12.1 Å². The zero-order chi connectivity index (χ0) is 10.1. The minimum absolute atomic E-state index is 0.0561. The van der Waals surface area contributed by atoms with E-state index < -0.39 is 4.92 Å². The van der Waals surface area contributed by atoms with Gasteiger partial charge >= 0.3 is 5.69 Å². The first-order valence-corrected chi connectivity index (χ1v) is 3.84. The predicted octanol–water partition coefficient (Wildman–Crippen LogP) is 1.12. The van der Waals surface area contributed by atoms with Crippen LogP contribution < -0.4 is 5.73 Å². The lowest BCUT2D eigenvalue weighted by atomic mass is 10.2. The number of aromatic nitrogens is 2. The zero-order valence-corrected chi connectivity index (χ0v) is 7.04. The van der Waals surface area contributed by atoms with Gasteiger partial charge in [0.2, 0.25) is 0 Å². The van der Waals surface area contributed by atoms with E-state index in [0.717, 1.165) is 6.20 Å². The number of pyridine rings is 2. The molecule has 0 aliphatic heterocycles. The second-order valence-electron chi connectivity index (χ2n) is 2.69. The molecule has 0 bridgehead atoms. The summed E-state index contributed by atoms with van der Waals surface area (Å²) in [4.78, 5) is 17.8. The van der Waals surface area contributed by atoms with Crippen molar-refractivity contribution < 1.29 is 4.92 Å². The van der Waals surface area contributed by atoms with E-state index >= 15 is 0 Å². The van der Waals surface area contributed by atoms with E-state index in [0.29, 0.717) is 11.0 Å². The highest BCUT2D eigenvalue weighted by Crippen LogP contribution is 2.26. The number of nitrogens with two attached hydrogens (primary N) is 1. The van der Waals surface area contributed by atoms with E-state index in [9.17, 15) is 10.1 Å². The first kappa shape index (κ1) is 8.36. The Labute approximate surface area is 78.5 Å². The molecule has 0 unspecified atom stereocenters. The van der Waals surface area contributed by atoms with Gasteiger partial charge in [0.15, 0.2) is 0 Å². The van der Waals surface area contributed by atoms with Gasteiger partial charge in [-0.1, -0.05) is 0 Å². The molecule has 0 atom stereocenters. The van der Waals surface area contributed by atoms with Gasteiger partial charge in [-0.2, -0.15) is 0 Å². The number of fused-ring (bicyclic) bond motifs is 1. The summed E-state index contributed by atoms with van der Waals surface area (Å²) in [6.45, 7) is 0. The van der Waals surface area contributed by atoms with Crippen LogP contribution in [0.25, 0.3) is 11.0 Å². The van der Waals surface area contributed by atoms with Gasteiger partial charge in [-0.25, -0.2) is 4.98 Å². The van der Waals surface area contributed by atoms with Crippen LogP contribution in [0.2, 0.25) is 0 Å². The fraction of sp³-hybridized carbons (Fsp3) is 0. The molecule has 2 N–H and O–H groups in total. The minimum Gasteiger partial charge on any atom is -0.391 e. The molecule has 6 nitrogen and oxygen atoms in total. The third kappa shape index (κ3) is 1.13. The van der Waals surface area contributed by atoms with Crippen LogP contribution in [-0.2, 0) is 0 Å². The molecule has 0 amide bonds. The molecule has 14 heavy (non-hydrogen) atoms. The summed E-state index contributed by atoms with van der Waals surface area (Å²) in [6, 6.07) is 3.39. The molecule has 0 aliphatic carbocycles. The molecule has 0 aliphatic rings. The Hall–Kier alpha value is -2.24. The van der Waals surface area contributed by atoms with Gasteiger partial charge in [0, 0.05) is 6.20 Å². The van der Waals surface area contributed by atoms with Crippen molar-refractivity contribution in [2.24, 2.45) is 0 Å². The maximum atomic E-state index is 10.5. The van der Waals surface area contributed by atoms with Crippen LogP contribution in [0.15, 0.2) is 24.5 Å². The molecule has 2 aromatic heterocycles. The summed E-state index contributed by atoms with van der Waals surface area (Å²) >= 11 is 0. The SMILES string of the molecule is Nc1c([N+](=O)[O-])cnc2cccnc12. The van der Waals surface area contributed by atoms with Crippen molar-refractivity contribution in [3.8, 4) is 0 Å². The van der Waals surface area contributed by atoms with Crippen molar-refractivity contribution in [2.75, 3.05) is 5.73 Å². The van der Waals surface area contributed by atoms with Gasteiger partial charge in [0.1, 0.15) is 17.4 Å². The molecule has 2 rings (SSSR count). The number of nitrogens with zero attached hydrogens (tertiary/aromatic N) is 3. The highest BCUT2D eigenvalue weighted by molar-refractivity contribution is 5.90. The van der Waals surface area contributed by atoms with Crippen molar-refractivity contribution in [1.82, 2.24) is 9.97 Å². The second kappa shape index (κ2) is 2.91. The summed E-state index contributed by atoms with van der Waals surface area (Å²) in [5.41, 5.74) is 6.33. The van der Waals surface area contributed by atoms with Crippen LogP contribution in [0.1, 0.15) is 0 Å². The Bertz CT molecular complexity index is 512. The number of hydrogen-bond donors (Lipinski definition) is 1. The Balaban J connectivity index is 2.81. The van der Waals surface area contributed by atoms with Crippen LogP contribution in [-0.4, -0.2) is 14.9 Å². The zero-order valence-electron chi connectivity index (χ0n) is 7.04. The normalized spacial score (nSPS) is 10.3. The van der Waals surface area contributed by atoms with E-state index in [1.807, 2.05) is 0 Å². The molecule has 0 saturated carbocycles. The maximum absolute atomic E-state index is 10.5. The van der Waals surface area contributed by atoms with Crippen LogP contribution in [0.3, 0.4) is 0 Å². The summed E-state index contributed by atoms with van der Waals surface area (Å²) < 4.78 is 0. The summed E-state index contributed by atoms with van der Waals surface area (Å²) in [7, 11) is 0. The van der Waals surface area contributed by atoms with Gasteiger partial charge in [-0.3, -0.25) is 15.1 Å². The van der Waals surface area contributed by atoms with Gasteiger partial charge in [-0.15, -0.1) is 0 Å². The average Bonchev–Trinajstić information content (AvgIpc) is 2.18. The molecule has 0 saturated heterocycles. The largest absolute Gasteiger partial charge is 0.391 e. The molecule has 0 spiro atoms. The van der Waals surface area contributed by atoms with Crippen molar-refractivity contribution in [2.45, 2.75) is 0 Å². The fourth-order valence-electron chi connectivity index (χ4n) is 1.18. The van der Waals surface area contributed by atoms with E-state index in [-0.39, 0.29) is 11.4 Å². The van der Waals surface area contributed by atoms with Gasteiger partial charge < -0.3 is 5.73 Å². The number of nitrogen functional groups attached to an aromatic ring is 1. The Morgan fingerprint density at radius 3 is 2.93 bits per heavy atom.